The molecule has 0 unspecified atom stereocenters. The molecule has 0 amide bonds. The van der Waals surface area contributed by atoms with Crippen molar-refractivity contribution in [1.29, 1.82) is 0 Å². The van der Waals surface area contributed by atoms with Crippen LogP contribution < -0.4 is 5.32 Å². The van der Waals surface area contributed by atoms with Crippen molar-refractivity contribution >= 4 is 11.5 Å². The third kappa shape index (κ3) is 6.48. The van der Waals surface area contributed by atoms with Gasteiger partial charge in [0, 0.05) is 24.9 Å². The van der Waals surface area contributed by atoms with Gasteiger partial charge in [0.25, 0.3) is 0 Å². The predicted molar refractivity (Wildman–Crippen MR) is 108 cm³/mol. The number of nitrogens with one attached hydrogen (secondary N) is 1. The molecule has 0 spiro atoms. The molecule has 0 radical (unpaired) electrons. The van der Waals surface area contributed by atoms with E-state index in [1.807, 2.05) is 25.2 Å². The largest absolute Gasteiger partial charge is 0.381 e. The number of rotatable bonds is 9. The highest BCUT2D eigenvalue weighted by molar-refractivity contribution is 6.15. The Bertz CT molecular complexity index is 781. The molecular weight excluding hydrogens is 327 g/mol. The van der Waals surface area contributed by atoms with E-state index in [0.717, 1.165) is 11.1 Å². The lowest BCUT2D eigenvalue weighted by Gasteiger charge is -2.12. The maximum atomic E-state index is 13.0. The summed E-state index contributed by atoms with van der Waals surface area (Å²) >= 11 is 0. The number of ketones is 1. The molecule has 0 heterocycles. The average molecular weight is 352 g/mol. The van der Waals surface area contributed by atoms with Crippen LogP contribution in [0, 0.1) is 5.82 Å². The van der Waals surface area contributed by atoms with Crippen LogP contribution in [0.15, 0.2) is 89.6 Å². The van der Waals surface area contributed by atoms with E-state index in [1.54, 1.807) is 31.3 Å². The van der Waals surface area contributed by atoms with Gasteiger partial charge in [-0.25, -0.2) is 4.39 Å². The van der Waals surface area contributed by atoms with Crippen molar-refractivity contribution in [3.63, 3.8) is 0 Å². The monoisotopic (exact) mass is 352 g/mol. The first-order valence-corrected chi connectivity index (χ1v) is 8.25. The quantitative estimate of drug-likeness (QED) is 0.397. The fourth-order valence-corrected chi connectivity index (χ4v) is 2.25. The average Bonchev–Trinajstić information content (AvgIpc) is 2.61. The van der Waals surface area contributed by atoms with Gasteiger partial charge in [-0.05, 0) is 43.2 Å². The molecule has 0 atom stereocenters. The highest BCUT2D eigenvalue weighted by atomic mass is 19.1. The van der Waals surface area contributed by atoms with Crippen LogP contribution in [0.5, 0.6) is 0 Å². The zero-order chi connectivity index (χ0) is 19.5. The topological polar surface area (TPSA) is 41.5 Å². The molecule has 1 aromatic carbocycles. The van der Waals surface area contributed by atoms with Crippen LogP contribution in [-0.4, -0.2) is 18.5 Å². The van der Waals surface area contributed by atoms with Crippen molar-refractivity contribution in [2.75, 3.05) is 7.05 Å². The summed E-state index contributed by atoms with van der Waals surface area (Å²) in [5.74, 6) is -0.410. The molecule has 0 saturated heterocycles. The molecule has 0 fully saturated rings. The van der Waals surface area contributed by atoms with Crippen LogP contribution >= 0.6 is 0 Å². The van der Waals surface area contributed by atoms with Crippen molar-refractivity contribution < 1.29 is 9.18 Å². The lowest BCUT2D eigenvalue weighted by atomic mass is 10.0. The summed E-state index contributed by atoms with van der Waals surface area (Å²) in [4.78, 5) is 16.4. The second-order valence-electron chi connectivity index (χ2n) is 5.54. The van der Waals surface area contributed by atoms with Crippen LogP contribution in [-0.2, 0) is 11.3 Å². The number of halogens is 1. The van der Waals surface area contributed by atoms with Crippen molar-refractivity contribution in [3.8, 4) is 0 Å². The summed E-state index contributed by atoms with van der Waals surface area (Å²) in [5, 5.41) is 3.11. The first-order valence-electron chi connectivity index (χ1n) is 8.25. The van der Waals surface area contributed by atoms with Gasteiger partial charge < -0.3 is 5.32 Å². The van der Waals surface area contributed by atoms with Crippen molar-refractivity contribution in [3.05, 3.63) is 96.0 Å². The van der Waals surface area contributed by atoms with Gasteiger partial charge in [-0.1, -0.05) is 49.6 Å². The highest BCUT2D eigenvalue weighted by Gasteiger charge is 2.11. The zero-order valence-corrected chi connectivity index (χ0v) is 15.6. The first kappa shape index (κ1) is 21.0. The molecule has 0 bridgehead atoms. The minimum atomic E-state index is -0.286. The van der Waals surface area contributed by atoms with E-state index in [2.05, 4.69) is 23.5 Å². The number of hydrogen-bond donors (Lipinski definition) is 1. The number of benzene rings is 1. The van der Waals surface area contributed by atoms with E-state index >= 15 is 0 Å². The molecule has 3 nitrogen and oxygen atoms in total. The maximum absolute atomic E-state index is 13.0. The number of aliphatic imine (C=N–C) groups is 1. The maximum Gasteiger partial charge on any atom is 0.161 e. The molecule has 1 N–H and O–H groups in total. The second-order valence-corrected chi connectivity index (χ2v) is 5.54. The van der Waals surface area contributed by atoms with Crippen LogP contribution in [0.4, 0.5) is 4.39 Å². The Kier molecular flexibility index (Phi) is 8.71. The lowest BCUT2D eigenvalue weighted by molar-refractivity contribution is -0.113. The Balaban J connectivity index is 3.04. The summed E-state index contributed by atoms with van der Waals surface area (Å²) in [6.07, 6.45) is 8.99. The third-order valence-electron chi connectivity index (χ3n) is 3.58. The van der Waals surface area contributed by atoms with Gasteiger partial charge in [-0.3, -0.25) is 9.79 Å². The zero-order valence-electron chi connectivity index (χ0n) is 15.6. The minimum Gasteiger partial charge on any atom is -0.381 e. The number of carbonyl (C=O) groups excluding carboxylic acids is 1. The van der Waals surface area contributed by atoms with Crippen LogP contribution in [0.3, 0.4) is 0 Å². The molecular formula is C22H25FN2O. The Morgan fingerprint density at radius 1 is 1.31 bits per heavy atom. The van der Waals surface area contributed by atoms with E-state index in [1.165, 1.54) is 19.1 Å². The highest BCUT2D eigenvalue weighted by Crippen LogP contribution is 2.13. The smallest absolute Gasteiger partial charge is 0.161 e. The summed E-state index contributed by atoms with van der Waals surface area (Å²) in [5.41, 5.74) is 3.31. The standard InChI is InChI=1S/C22H25FN2O/c1-6-8-19(9-7-2)22(24-5)14-21(17(4)26)16(3)25-15-18-10-12-20(23)13-11-18/h6-14,25H,1,3,15H2,2,4-5H3/b9-7-,19-8+,21-14-,24-22?. The van der Waals surface area contributed by atoms with Gasteiger partial charge in [0.15, 0.2) is 5.78 Å². The molecule has 0 aliphatic carbocycles. The molecule has 0 aromatic heterocycles. The van der Waals surface area contributed by atoms with E-state index in [4.69, 9.17) is 0 Å². The van der Waals surface area contributed by atoms with E-state index in [-0.39, 0.29) is 11.6 Å². The van der Waals surface area contributed by atoms with Crippen LogP contribution in [0.1, 0.15) is 19.4 Å². The molecule has 1 aromatic rings. The molecule has 26 heavy (non-hydrogen) atoms. The summed E-state index contributed by atoms with van der Waals surface area (Å²) in [6.45, 7) is 11.5. The number of nitrogens with zero attached hydrogens (tertiary/aromatic N) is 1. The summed E-state index contributed by atoms with van der Waals surface area (Å²) in [7, 11) is 1.67. The molecule has 136 valence electrons. The Hall–Kier alpha value is -3.01. The van der Waals surface area contributed by atoms with Gasteiger partial charge >= 0.3 is 0 Å². The lowest BCUT2D eigenvalue weighted by Crippen LogP contribution is -2.18. The fourth-order valence-electron chi connectivity index (χ4n) is 2.25. The SMILES string of the molecule is C=C/C=C(\C=C/C)C(/C=C(/C(=C)NCc1ccc(F)cc1)C(C)=O)=NC. The van der Waals surface area contributed by atoms with Gasteiger partial charge in [-0.2, -0.15) is 0 Å². The minimum absolute atomic E-state index is 0.124. The number of hydrogen-bond acceptors (Lipinski definition) is 3. The number of Topliss-reactive ketones (excluding diaryl/α,β-unsaturated/α-hetero) is 1. The van der Waals surface area contributed by atoms with Gasteiger partial charge in [-0.15, -0.1) is 0 Å². The fraction of sp³-hybridized carbons (Fsp3) is 0.182. The first-order chi connectivity index (χ1) is 12.4. The number of carbonyl (C=O) groups is 1. The predicted octanol–water partition coefficient (Wildman–Crippen LogP) is 4.70. The Labute approximate surface area is 155 Å². The van der Waals surface area contributed by atoms with Gasteiger partial charge in [0.05, 0.1) is 5.71 Å². The van der Waals surface area contributed by atoms with Gasteiger partial charge in [0.1, 0.15) is 5.82 Å². The Morgan fingerprint density at radius 2 is 1.96 bits per heavy atom. The summed E-state index contributed by atoms with van der Waals surface area (Å²) < 4.78 is 13.0. The normalized spacial score (nSPS) is 13.0. The molecule has 0 aliphatic rings. The van der Waals surface area contributed by atoms with Crippen LogP contribution in [0.2, 0.25) is 0 Å². The van der Waals surface area contributed by atoms with Crippen LogP contribution in [0.25, 0.3) is 0 Å². The van der Waals surface area contributed by atoms with E-state index < -0.39 is 0 Å². The molecule has 1 rings (SSSR count). The van der Waals surface area contributed by atoms with Gasteiger partial charge in [0.2, 0.25) is 0 Å². The molecule has 0 saturated carbocycles. The summed E-state index contributed by atoms with van der Waals surface area (Å²) in [6, 6.07) is 6.16. The van der Waals surface area contributed by atoms with Crippen molar-refractivity contribution in [1.82, 2.24) is 5.32 Å². The van der Waals surface area contributed by atoms with E-state index in [9.17, 15) is 9.18 Å². The molecule has 0 aliphatic heterocycles. The van der Waals surface area contributed by atoms with E-state index in [0.29, 0.717) is 23.5 Å². The second kappa shape index (κ2) is 10.8. The third-order valence-corrected chi connectivity index (χ3v) is 3.58. The van der Waals surface area contributed by atoms with Crippen molar-refractivity contribution in [2.24, 2.45) is 4.99 Å². The Morgan fingerprint density at radius 3 is 2.46 bits per heavy atom. The van der Waals surface area contributed by atoms with Crippen molar-refractivity contribution in [2.45, 2.75) is 20.4 Å². The number of allylic oxidation sites excluding steroid dienone is 7. The molecule has 4 heteroatoms.